The second kappa shape index (κ2) is 7.64. The molecule has 128 valence electrons. The molecule has 0 fully saturated rings. The van der Waals surface area contributed by atoms with Gasteiger partial charge in [-0.2, -0.15) is 0 Å². The number of anilines is 1. The van der Waals surface area contributed by atoms with Gasteiger partial charge in [-0.05, 0) is 22.6 Å². The predicted molar refractivity (Wildman–Crippen MR) is 110 cm³/mol. The van der Waals surface area contributed by atoms with Crippen LogP contribution in [0.3, 0.4) is 0 Å². The van der Waals surface area contributed by atoms with Gasteiger partial charge in [0.05, 0.1) is 12.1 Å². The number of rotatable bonds is 5. The molecule has 0 aliphatic heterocycles. The minimum Gasteiger partial charge on any atom is -0.302 e. The smallest absolute Gasteiger partial charge is 0.231 e. The lowest BCUT2D eigenvalue weighted by Crippen LogP contribution is -2.13. The van der Waals surface area contributed by atoms with Crippen LogP contribution in [-0.4, -0.2) is 10.9 Å². The Bertz CT molecular complexity index is 990. The van der Waals surface area contributed by atoms with Crippen LogP contribution in [0.4, 0.5) is 5.13 Å². The summed E-state index contributed by atoms with van der Waals surface area (Å²) in [5, 5.41) is 7.46. The highest BCUT2D eigenvalue weighted by Crippen LogP contribution is 2.27. The van der Waals surface area contributed by atoms with Gasteiger partial charge in [0.25, 0.3) is 0 Å². The minimum atomic E-state index is -0.0345. The predicted octanol–water partition coefficient (Wildman–Crippen LogP) is 5.72. The van der Waals surface area contributed by atoms with Crippen LogP contribution in [0.5, 0.6) is 0 Å². The van der Waals surface area contributed by atoms with Crippen molar-refractivity contribution in [2.45, 2.75) is 6.42 Å². The van der Waals surface area contributed by atoms with E-state index in [1.165, 1.54) is 22.5 Å². The third kappa shape index (κ3) is 3.90. The lowest BCUT2D eigenvalue weighted by Gasteiger charge is -2.03. The Kier molecular flexibility index (Phi) is 4.91. The van der Waals surface area contributed by atoms with Crippen LogP contribution < -0.4 is 5.32 Å². The zero-order valence-electron chi connectivity index (χ0n) is 13.9. The molecule has 0 atom stereocenters. The van der Waals surface area contributed by atoms with E-state index in [-0.39, 0.29) is 5.91 Å². The van der Waals surface area contributed by atoms with Crippen molar-refractivity contribution in [3.05, 3.63) is 82.4 Å². The van der Waals surface area contributed by atoms with Crippen LogP contribution in [0.25, 0.3) is 22.4 Å². The van der Waals surface area contributed by atoms with Gasteiger partial charge in [-0.25, -0.2) is 4.98 Å². The number of benzene rings is 2. The monoisotopic (exact) mass is 376 g/mol. The number of thiazole rings is 1. The number of amides is 1. The molecular weight excluding hydrogens is 360 g/mol. The summed E-state index contributed by atoms with van der Waals surface area (Å²) in [7, 11) is 0. The summed E-state index contributed by atoms with van der Waals surface area (Å²) in [6.45, 7) is 0. The molecule has 0 unspecified atom stereocenters. The first-order valence-corrected chi connectivity index (χ1v) is 9.97. The average molecular weight is 377 g/mol. The molecule has 0 radical (unpaired) electrons. The lowest BCUT2D eigenvalue weighted by atomic mass is 10.0. The van der Waals surface area contributed by atoms with Crippen molar-refractivity contribution in [2.24, 2.45) is 0 Å². The molecule has 0 aliphatic carbocycles. The topological polar surface area (TPSA) is 42.0 Å². The fraction of sp³-hybridized carbons (Fsp3) is 0.0476. The summed E-state index contributed by atoms with van der Waals surface area (Å²) in [4.78, 5) is 17.7. The van der Waals surface area contributed by atoms with E-state index < -0.39 is 0 Å². The molecule has 26 heavy (non-hydrogen) atoms. The molecule has 5 heteroatoms. The van der Waals surface area contributed by atoms with E-state index in [2.05, 4.69) is 46.7 Å². The largest absolute Gasteiger partial charge is 0.302 e. The van der Waals surface area contributed by atoms with Crippen LogP contribution in [0.2, 0.25) is 0 Å². The molecule has 0 spiro atoms. The van der Waals surface area contributed by atoms with Gasteiger partial charge >= 0.3 is 0 Å². The van der Waals surface area contributed by atoms with Crippen LogP contribution in [0.1, 0.15) is 4.88 Å². The number of hydrogen-bond donors (Lipinski definition) is 1. The fourth-order valence-electron chi connectivity index (χ4n) is 2.66. The first kappa shape index (κ1) is 16.7. The van der Waals surface area contributed by atoms with E-state index in [1.54, 1.807) is 11.3 Å². The third-order valence-corrected chi connectivity index (χ3v) is 5.59. The SMILES string of the molecule is O=C(Cc1cccs1)Nc1nc(-c2ccc(-c3ccccc3)cc2)cs1. The van der Waals surface area contributed by atoms with Crippen molar-refractivity contribution >= 4 is 33.7 Å². The van der Waals surface area contributed by atoms with Gasteiger partial charge < -0.3 is 5.32 Å². The van der Waals surface area contributed by atoms with Gasteiger partial charge in [0.15, 0.2) is 5.13 Å². The molecule has 1 N–H and O–H groups in total. The van der Waals surface area contributed by atoms with Crippen LogP contribution in [0, 0.1) is 0 Å². The number of nitrogens with zero attached hydrogens (tertiary/aromatic N) is 1. The summed E-state index contributed by atoms with van der Waals surface area (Å²) >= 11 is 3.03. The molecule has 3 nitrogen and oxygen atoms in total. The van der Waals surface area contributed by atoms with E-state index in [4.69, 9.17) is 0 Å². The third-order valence-electron chi connectivity index (χ3n) is 3.95. The number of carbonyl (C=O) groups is 1. The van der Waals surface area contributed by atoms with Crippen molar-refractivity contribution < 1.29 is 4.79 Å². The molecule has 2 heterocycles. The summed E-state index contributed by atoms with van der Waals surface area (Å²) in [6, 6.07) is 22.5. The molecule has 4 rings (SSSR count). The summed E-state index contributed by atoms with van der Waals surface area (Å²) in [5.74, 6) is -0.0345. The van der Waals surface area contributed by atoms with E-state index in [0.717, 1.165) is 16.1 Å². The molecule has 0 aliphatic rings. The molecule has 2 aromatic carbocycles. The maximum atomic E-state index is 12.1. The Morgan fingerprint density at radius 3 is 2.31 bits per heavy atom. The molecule has 4 aromatic rings. The number of aromatic nitrogens is 1. The molecular formula is C21H16N2OS2. The van der Waals surface area contributed by atoms with Gasteiger partial charge in [0.1, 0.15) is 0 Å². The first-order chi connectivity index (χ1) is 12.8. The number of nitrogens with one attached hydrogen (secondary N) is 1. The highest BCUT2D eigenvalue weighted by Gasteiger charge is 2.09. The Labute approximate surface area is 160 Å². The Morgan fingerprint density at radius 1 is 0.846 bits per heavy atom. The van der Waals surface area contributed by atoms with Gasteiger partial charge in [-0.1, -0.05) is 60.7 Å². The maximum Gasteiger partial charge on any atom is 0.231 e. The quantitative estimate of drug-likeness (QED) is 0.484. The zero-order valence-corrected chi connectivity index (χ0v) is 15.5. The first-order valence-electron chi connectivity index (χ1n) is 8.21. The normalized spacial score (nSPS) is 10.6. The summed E-state index contributed by atoms with van der Waals surface area (Å²) < 4.78 is 0. The Balaban J connectivity index is 1.45. The molecule has 1 amide bonds. The fourth-order valence-corrected chi connectivity index (χ4v) is 4.10. The second-order valence-electron chi connectivity index (χ2n) is 5.79. The van der Waals surface area contributed by atoms with Crippen LogP contribution in [0.15, 0.2) is 77.5 Å². The Hall–Kier alpha value is -2.76. The standard InChI is InChI=1S/C21H16N2OS2/c24-20(13-18-7-4-12-25-18)23-21-22-19(14-26-21)17-10-8-16(9-11-17)15-5-2-1-3-6-15/h1-12,14H,13H2,(H,22,23,24). The Morgan fingerprint density at radius 2 is 1.58 bits per heavy atom. The van der Waals surface area contributed by atoms with Crippen molar-refractivity contribution in [1.29, 1.82) is 0 Å². The van der Waals surface area contributed by atoms with E-state index in [9.17, 15) is 4.79 Å². The molecule has 0 saturated heterocycles. The number of hydrogen-bond acceptors (Lipinski definition) is 4. The molecule has 0 bridgehead atoms. The highest BCUT2D eigenvalue weighted by atomic mass is 32.1. The highest BCUT2D eigenvalue weighted by molar-refractivity contribution is 7.14. The summed E-state index contributed by atoms with van der Waals surface area (Å²) in [5.41, 5.74) is 4.29. The maximum absolute atomic E-state index is 12.1. The molecule has 2 aromatic heterocycles. The van der Waals surface area contributed by atoms with Crippen LogP contribution >= 0.6 is 22.7 Å². The van der Waals surface area contributed by atoms with Crippen LogP contribution in [-0.2, 0) is 11.2 Å². The zero-order chi connectivity index (χ0) is 17.8. The van der Waals surface area contributed by atoms with Crippen molar-refractivity contribution in [3.63, 3.8) is 0 Å². The number of thiophene rings is 1. The number of carbonyl (C=O) groups excluding carboxylic acids is 1. The summed E-state index contributed by atoms with van der Waals surface area (Å²) in [6.07, 6.45) is 0.387. The average Bonchev–Trinajstić information content (AvgIpc) is 3.35. The van der Waals surface area contributed by atoms with E-state index >= 15 is 0 Å². The van der Waals surface area contributed by atoms with E-state index in [1.807, 2.05) is 41.1 Å². The minimum absolute atomic E-state index is 0.0345. The van der Waals surface area contributed by atoms with Crippen molar-refractivity contribution in [3.8, 4) is 22.4 Å². The van der Waals surface area contributed by atoms with Gasteiger partial charge in [-0.3, -0.25) is 4.79 Å². The van der Waals surface area contributed by atoms with Crippen molar-refractivity contribution in [1.82, 2.24) is 4.98 Å². The lowest BCUT2D eigenvalue weighted by molar-refractivity contribution is -0.115. The van der Waals surface area contributed by atoms with E-state index in [0.29, 0.717) is 11.6 Å². The van der Waals surface area contributed by atoms with Crippen molar-refractivity contribution in [2.75, 3.05) is 5.32 Å². The van der Waals surface area contributed by atoms with Gasteiger partial charge in [0.2, 0.25) is 5.91 Å². The second-order valence-corrected chi connectivity index (χ2v) is 7.68. The van der Waals surface area contributed by atoms with Gasteiger partial charge in [0, 0.05) is 15.8 Å². The van der Waals surface area contributed by atoms with Gasteiger partial charge in [-0.15, -0.1) is 22.7 Å². The molecule has 0 saturated carbocycles.